The third-order valence-corrected chi connectivity index (χ3v) is 5.54. The van der Waals surface area contributed by atoms with Crippen LogP contribution in [-0.4, -0.2) is 18.4 Å². The van der Waals surface area contributed by atoms with Gasteiger partial charge in [-0.05, 0) is 62.6 Å². The molecule has 0 saturated heterocycles. The van der Waals surface area contributed by atoms with Crippen molar-refractivity contribution in [1.29, 1.82) is 0 Å². The summed E-state index contributed by atoms with van der Waals surface area (Å²) in [7, 11) is 0. The van der Waals surface area contributed by atoms with E-state index in [4.69, 9.17) is 16.3 Å². The number of rotatable bonds is 5. The van der Waals surface area contributed by atoms with E-state index in [-0.39, 0.29) is 6.61 Å². The molecule has 5 nitrogen and oxygen atoms in total. The van der Waals surface area contributed by atoms with Gasteiger partial charge >= 0.3 is 0 Å². The van der Waals surface area contributed by atoms with Crippen LogP contribution in [0.1, 0.15) is 5.56 Å². The summed E-state index contributed by atoms with van der Waals surface area (Å²) < 4.78 is 7.28. The van der Waals surface area contributed by atoms with Gasteiger partial charge in [0.1, 0.15) is 5.75 Å². The van der Waals surface area contributed by atoms with Gasteiger partial charge in [-0.1, -0.05) is 57.9 Å². The molecule has 0 spiro atoms. The first-order valence-electron chi connectivity index (χ1n) is 8.46. The van der Waals surface area contributed by atoms with Gasteiger partial charge in [0.05, 0.1) is 4.47 Å². The molecule has 29 heavy (non-hydrogen) atoms. The molecule has 0 heterocycles. The third kappa shape index (κ3) is 5.82. The van der Waals surface area contributed by atoms with Gasteiger partial charge in [0.2, 0.25) is 0 Å². The van der Waals surface area contributed by atoms with Crippen LogP contribution in [0.5, 0.6) is 5.75 Å². The number of hydrogen-bond acceptors (Lipinski definition) is 3. The van der Waals surface area contributed by atoms with Crippen molar-refractivity contribution in [2.24, 2.45) is 0 Å². The number of hydrazine groups is 1. The van der Waals surface area contributed by atoms with E-state index in [9.17, 15) is 9.59 Å². The Morgan fingerprint density at radius 3 is 2.62 bits per heavy atom. The van der Waals surface area contributed by atoms with Crippen molar-refractivity contribution in [3.63, 3.8) is 0 Å². The Kier molecular flexibility index (Phi) is 7.30. The molecule has 0 aliphatic carbocycles. The highest BCUT2D eigenvalue weighted by molar-refractivity contribution is 9.11. The zero-order chi connectivity index (χ0) is 20.8. The van der Waals surface area contributed by atoms with E-state index in [0.29, 0.717) is 16.3 Å². The number of carbonyl (C=O) groups is 2. The Balaban J connectivity index is 1.52. The van der Waals surface area contributed by atoms with Crippen LogP contribution in [0.25, 0.3) is 16.8 Å². The van der Waals surface area contributed by atoms with Crippen LogP contribution >= 0.6 is 43.5 Å². The Labute approximate surface area is 189 Å². The molecule has 0 saturated carbocycles. The van der Waals surface area contributed by atoms with Crippen LogP contribution in [0.15, 0.2) is 69.6 Å². The van der Waals surface area contributed by atoms with Crippen molar-refractivity contribution in [2.45, 2.75) is 0 Å². The van der Waals surface area contributed by atoms with Crippen LogP contribution in [-0.2, 0) is 9.59 Å². The standard InChI is InChI=1S/C21H15Br2ClN2O3/c22-15-7-8-16-14(11-15)5-9-18(21(16)23)29-12-20(28)26-25-19(27)10-6-13-3-1-2-4-17(13)24/h1-11H,12H2,(H,25,27)(H,26,28)/b10-6+. The van der Waals surface area contributed by atoms with E-state index in [1.165, 1.54) is 6.08 Å². The Morgan fingerprint density at radius 1 is 1.03 bits per heavy atom. The second-order valence-corrected chi connectivity index (χ2v) is 8.04. The molecule has 0 aliphatic rings. The highest BCUT2D eigenvalue weighted by Crippen LogP contribution is 2.34. The molecular formula is C21H15Br2ClN2O3. The number of carbonyl (C=O) groups excluding carboxylic acids is 2. The van der Waals surface area contributed by atoms with Crippen molar-refractivity contribution in [3.05, 3.63) is 80.2 Å². The molecule has 0 aromatic heterocycles. The molecule has 2 N–H and O–H groups in total. The van der Waals surface area contributed by atoms with Crippen LogP contribution in [0, 0.1) is 0 Å². The molecule has 0 atom stereocenters. The number of hydrogen-bond donors (Lipinski definition) is 2. The molecule has 0 radical (unpaired) electrons. The number of halogens is 3. The number of amides is 2. The SMILES string of the molecule is O=C(/C=C/c1ccccc1Cl)NNC(=O)COc1ccc2cc(Br)ccc2c1Br. The largest absolute Gasteiger partial charge is 0.483 e. The number of ether oxygens (including phenoxy) is 1. The van der Waals surface area contributed by atoms with E-state index >= 15 is 0 Å². The van der Waals surface area contributed by atoms with E-state index in [1.807, 2.05) is 30.3 Å². The minimum absolute atomic E-state index is 0.255. The van der Waals surface area contributed by atoms with Crippen LogP contribution in [0.2, 0.25) is 5.02 Å². The Hall–Kier alpha value is -2.35. The first kappa shape index (κ1) is 21.4. The average Bonchev–Trinajstić information content (AvgIpc) is 2.71. The van der Waals surface area contributed by atoms with Crippen LogP contribution < -0.4 is 15.6 Å². The van der Waals surface area contributed by atoms with Gasteiger partial charge in [-0.15, -0.1) is 0 Å². The fraction of sp³-hybridized carbons (Fsp3) is 0.0476. The molecule has 3 aromatic rings. The van der Waals surface area contributed by atoms with Gasteiger partial charge in [-0.2, -0.15) is 0 Å². The second kappa shape index (κ2) is 9.91. The molecule has 0 unspecified atom stereocenters. The summed E-state index contributed by atoms with van der Waals surface area (Å²) in [5.41, 5.74) is 5.29. The molecule has 148 valence electrons. The van der Waals surface area contributed by atoms with Gasteiger partial charge < -0.3 is 4.74 Å². The van der Waals surface area contributed by atoms with Crippen LogP contribution in [0.4, 0.5) is 0 Å². The van der Waals surface area contributed by atoms with E-state index in [1.54, 1.807) is 30.3 Å². The summed E-state index contributed by atoms with van der Waals surface area (Å²) >= 11 is 13.0. The summed E-state index contributed by atoms with van der Waals surface area (Å²) in [5, 5.41) is 2.52. The maximum absolute atomic E-state index is 12.0. The summed E-state index contributed by atoms with van der Waals surface area (Å²) in [4.78, 5) is 23.8. The maximum atomic E-state index is 12.0. The first-order chi connectivity index (χ1) is 13.9. The zero-order valence-electron chi connectivity index (χ0n) is 14.9. The van der Waals surface area contributed by atoms with Gasteiger partial charge in [-0.25, -0.2) is 0 Å². The van der Waals surface area contributed by atoms with Crippen molar-refractivity contribution in [3.8, 4) is 5.75 Å². The number of fused-ring (bicyclic) bond motifs is 1. The first-order valence-corrected chi connectivity index (χ1v) is 10.4. The zero-order valence-corrected chi connectivity index (χ0v) is 18.8. The fourth-order valence-corrected chi connectivity index (χ4v) is 3.67. The van der Waals surface area contributed by atoms with Crippen molar-refractivity contribution < 1.29 is 14.3 Å². The lowest BCUT2D eigenvalue weighted by Gasteiger charge is -2.11. The molecule has 0 fully saturated rings. The highest BCUT2D eigenvalue weighted by atomic mass is 79.9. The minimum atomic E-state index is -0.493. The highest BCUT2D eigenvalue weighted by Gasteiger charge is 2.09. The Morgan fingerprint density at radius 2 is 1.83 bits per heavy atom. The summed E-state index contributed by atoms with van der Waals surface area (Å²) in [6, 6.07) is 16.6. The van der Waals surface area contributed by atoms with Gasteiger partial charge in [0.15, 0.2) is 6.61 Å². The van der Waals surface area contributed by atoms with Crippen LogP contribution in [0.3, 0.4) is 0 Å². The molecule has 8 heteroatoms. The molecular weight excluding hydrogens is 524 g/mol. The van der Waals surface area contributed by atoms with Crippen molar-refractivity contribution in [2.75, 3.05) is 6.61 Å². The third-order valence-electron chi connectivity index (χ3n) is 3.88. The summed E-state index contributed by atoms with van der Waals surface area (Å²) in [6.07, 6.45) is 2.84. The predicted molar refractivity (Wildman–Crippen MR) is 122 cm³/mol. The summed E-state index contributed by atoms with van der Waals surface area (Å²) in [5.74, 6) is -0.456. The Bertz CT molecular complexity index is 1100. The molecule has 3 rings (SSSR count). The number of benzene rings is 3. The fourth-order valence-electron chi connectivity index (χ4n) is 2.48. The van der Waals surface area contributed by atoms with E-state index in [2.05, 4.69) is 42.7 Å². The minimum Gasteiger partial charge on any atom is -0.483 e. The number of nitrogens with one attached hydrogen (secondary N) is 2. The van der Waals surface area contributed by atoms with Crippen molar-refractivity contribution >= 4 is 72.1 Å². The molecule has 0 bridgehead atoms. The van der Waals surface area contributed by atoms with Gasteiger partial charge in [-0.3, -0.25) is 20.4 Å². The quantitative estimate of drug-likeness (QED) is 0.344. The molecule has 0 aliphatic heterocycles. The normalized spacial score (nSPS) is 10.9. The molecule has 3 aromatic carbocycles. The lowest BCUT2D eigenvalue weighted by Crippen LogP contribution is -2.43. The van der Waals surface area contributed by atoms with Crippen molar-refractivity contribution in [1.82, 2.24) is 10.9 Å². The van der Waals surface area contributed by atoms with Gasteiger partial charge in [0.25, 0.3) is 11.8 Å². The maximum Gasteiger partial charge on any atom is 0.276 e. The predicted octanol–water partition coefficient (Wildman–Crippen LogP) is 5.26. The lowest BCUT2D eigenvalue weighted by molar-refractivity contribution is -0.128. The second-order valence-electron chi connectivity index (χ2n) is 5.92. The van der Waals surface area contributed by atoms with Gasteiger partial charge in [0, 0.05) is 15.6 Å². The topological polar surface area (TPSA) is 67.4 Å². The van der Waals surface area contributed by atoms with E-state index in [0.717, 1.165) is 19.7 Å². The average molecular weight is 539 g/mol. The monoisotopic (exact) mass is 536 g/mol. The molecule has 2 amide bonds. The lowest BCUT2D eigenvalue weighted by atomic mass is 10.1. The van der Waals surface area contributed by atoms with E-state index < -0.39 is 11.8 Å². The summed E-state index contributed by atoms with van der Waals surface area (Å²) in [6.45, 7) is -0.255. The smallest absolute Gasteiger partial charge is 0.276 e.